The highest BCUT2D eigenvalue weighted by Gasteiger charge is 2.10. The van der Waals surface area contributed by atoms with E-state index >= 15 is 0 Å². The topological polar surface area (TPSA) is 58.5 Å². The van der Waals surface area contributed by atoms with Gasteiger partial charge in [-0.15, -0.1) is 0 Å². The average molecular weight is 193 g/mol. The van der Waals surface area contributed by atoms with Gasteiger partial charge in [0, 0.05) is 16.9 Å². The van der Waals surface area contributed by atoms with Crippen LogP contribution in [0.25, 0.3) is 0 Å². The molecule has 0 aromatic heterocycles. The molecule has 60 valence electrons. The maximum absolute atomic E-state index is 10.7. The minimum atomic E-state index is -3.66. The highest BCUT2D eigenvalue weighted by Crippen LogP contribution is 2.10. The molecule has 1 aliphatic heterocycles. The molecule has 0 aromatic rings. The molecule has 0 atom stereocenters. The number of hydrogen-bond donors (Lipinski definition) is 1. The van der Waals surface area contributed by atoms with Crippen molar-refractivity contribution in [1.29, 1.82) is 0 Å². The van der Waals surface area contributed by atoms with E-state index in [1.54, 1.807) is 0 Å². The Balaban J connectivity index is 3.05. The summed E-state index contributed by atoms with van der Waals surface area (Å²) in [5.74, 6) is 0. The SMILES string of the molecule is O=S(=O)(Cl)C1=CC=CNN=C1. The fourth-order valence-corrected chi connectivity index (χ4v) is 1.21. The van der Waals surface area contributed by atoms with Crippen molar-refractivity contribution in [2.45, 2.75) is 0 Å². The Morgan fingerprint density at radius 3 is 2.91 bits per heavy atom. The molecule has 0 spiro atoms. The number of rotatable bonds is 1. The smallest absolute Gasteiger partial charge is 0.262 e. The molecule has 0 aliphatic carbocycles. The molecule has 0 radical (unpaired) electrons. The largest absolute Gasteiger partial charge is 0.286 e. The molecule has 4 nitrogen and oxygen atoms in total. The fourth-order valence-electron chi connectivity index (χ4n) is 0.517. The fraction of sp³-hybridized carbons (Fsp3) is 0. The van der Waals surface area contributed by atoms with E-state index in [-0.39, 0.29) is 4.91 Å². The Bertz CT molecular complexity index is 328. The van der Waals surface area contributed by atoms with Crippen LogP contribution in [0.3, 0.4) is 0 Å². The van der Waals surface area contributed by atoms with Crippen LogP contribution < -0.4 is 5.43 Å². The van der Waals surface area contributed by atoms with Gasteiger partial charge in [0.05, 0.1) is 6.21 Å². The van der Waals surface area contributed by atoms with Crippen LogP contribution in [0.2, 0.25) is 0 Å². The standard InChI is InChI=1S/C5H5ClN2O2S/c6-11(9,10)5-2-1-3-7-8-4-5/h1-4,7H. The van der Waals surface area contributed by atoms with Crippen molar-refractivity contribution in [3.8, 4) is 0 Å². The molecule has 1 rings (SSSR count). The van der Waals surface area contributed by atoms with E-state index in [1.165, 1.54) is 18.4 Å². The molecular weight excluding hydrogens is 188 g/mol. The minimum Gasteiger partial charge on any atom is -0.286 e. The molecule has 0 fully saturated rings. The highest BCUT2D eigenvalue weighted by atomic mass is 35.7. The van der Waals surface area contributed by atoms with Crippen LogP contribution in [0.4, 0.5) is 0 Å². The van der Waals surface area contributed by atoms with Gasteiger partial charge in [-0.1, -0.05) is 0 Å². The van der Waals surface area contributed by atoms with E-state index in [1.807, 2.05) is 0 Å². The molecule has 0 amide bonds. The first-order valence-electron chi connectivity index (χ1n) is 2.71. The first kappa shape index (κ1) is 8.29. The van der Waals surface area contributed by atoms with Crippen LogP contribution in [0, 0.1) is 0 Å². The molecule has 0 aromatic carbocycles. The van der Waals surface area contributed by atoms with E-state index in [0.717, 1.165) is 6.21 Å². The Morgan fingerprint density at radius 1 is 1.55 bits per heavy atom. The number of halogens is 1. The van der Waals surface area contributed by atoms with Gasteiger partial charge in [0.2, 0.25) is 0 Å². The van der Waals surface area contributed by atoms with E-state index in [4.69, 9.17) is 10.7 Å². The third-order valence-electron chi connectivity index (χ3n) is 0.979. The summed E-state index contributed by atoms with van der Waals surface area (Å²) in [5.41, 5.74) is 2.46. The maximum Gasteiger partial charge on any atom is 0.262 e. The summed E-state index contributed by atoms with van der Waals surface area (Å²) in [7, 11) is 1.38. The van der Waals surface area contributed by atoms with Gasteiger partial charge in [-0.25, -0.2) is 8.42 Å². The first-order chi connectivity index (χ1) is 5.11. The lowest BCUT2D eigenvalue weighted by Gasteiger charge is -1.90. The van der Waals surface area contributed by atoms with Gasteiger partial charge < -0.3 is 0 Å². The lowest BCUT2D eigenvalue weighted by Crippen LogP contribution is -1.97. The second kappa shape index (κ2) is 3.06. The van der Waals surface area contributed by atoms with Crippen molar-refractivity contribution in [2.24, 2.45) is 5.10 Å². The molecule has 0 unspecified atom stereocenters. The molecule has 11 heavy (non-hydrogen) atoms. The first-order valence-corrected chi connectivity index (χ1v) is 5.02. The van der Waals surface area contributed by atoms with Crippen LogP contribution in [0.15, 0.2) is 28.4 Å². The van der Waals surface area contributed by atoms with Crippen molar-refractivity contribution in [3.63, 3.8) is 0 Å². The van der Waals surface area contributed by atoms with Gasteiger partial charge in [-0.05, 0) is 12.2 Å². The second-order valence-electron chi connectivity index (χ2n) is 1.75. The van der Waals surface area contributed by atoms with E-state index in [0.29, 0.717) is 0 Å². The predicted octanol–water partition coefficient (Wildman–Crippen LogP) is 0.542. The van der Waals surface area contributed by atoms with E-state index in [2.05, 4.69) is 10.5 Å². The normalized spacial score (nSPS) is 17.0. The van der Waals surface area contributed by atoms with Crippen LogP contribution in [-0.4, -0.2) is 14.6 Å². The maximum atomic E-state index is 10.7. The summed E-state index contributed by atoms with van der Waals surface area (Å²) in [6.45, 7) is 0. The summed E-state index contributed by atoms with van der Waals surface area (Å²) in [6.07, 6.45) is 5.49. The van der Waals surface area contributed by atoms with Crippen molar-refractivity contribution in [1.82, 2.24) is 5.43 Å². The monoisotopic (exact) mass is 192 g/mol. The van der Waals surface area contributed by atoms with Gasteiger partial charge in [0.25, 0.3) is 9.05 Å². The minimum absolute atomic E-state index is 0.0274. The molecular formula is C5H5ClN2O2S. The number of nitrogens with zero attached hydrogens (tertiary/aromatic N) is 1. The molecule has 1 aliphatic rings. The Labute approximate surface area is 68.7 Å². The van der Waals surface area contributed by atoms with Crippen molar-refractivity contribution < 1.29 is 8.42 Å². The van der Waals surface area contributed by atoms with E-state index in [9.17, 15) is 8.42 Å². The van der Waals surface area contributed by atoms with Crippen molar-refractivity contribution in [3.05, 3.63) is 23.3 Å². The second-order valence-corrected chi connectivity index (χ2v) is 4.32. The molecule has 0 bridgehead atoms. The summed E-state index contributed by atoms with van der Waals surface area (Å²) in [6, 6.07) is 0. The Hall–Kier alpha value is -0.810. The molecule has 0 saturated heterocycles. The summed E-state index contributed by atoms with van der Waals surface area (Å²) >= 11 is 0. The van der Waals surface area contributed by atoms with Crippen LogP contribution >= 0.6 is 10.7 Å². The summed E-state index contributed by atoms with van der Waals surface area (Å²) in [4.78, 5) is -0.0274. The lowest BCUT2D eigenvalue weighted by atomic mass is 10.5. The van der Waals surface area contributed by atoms with Gasteiger partial charge in [-0.2, -0.15) is 5.10 Å². The zero-order valence-corrected chi connectivity index (χ0v) is 6.93. The number of nitrogens with one attached hydrogen (secondary N) is 1. The number of hydrazone groups is 1. The Morgan fingerprint density at radius 2 is 2.27 bits per heavy atom. The predicted molar refractivity (Wildman–Crippen MR) is 43.6 cm³/mol. The quantitative estimate of drug-likeness (QED) is 0.617. The average Bonchev–Trinajstić information content (AvgIpc) is 2.10. The number of hydrogen-bond acceptors (Lipinski definition) is 4. The van der Waals surface area contributed by atoms with Crippen LogP contribution in [-0.2, 0) is 9.05 Å². The molecule has 1 N–H and O–H groups in total. The van der Waals surface area contributed by atoms with Gasteiger partial charge in [0.1, 0.15) is 4.91 Å². The highest BCUT2D eigenvalue weighted by molar-refractivity contribution is 8.17. The molecule has 0 saturated carbocycles. The lowest BCUT2D eigenvalue weighted by molar-refractivity contribution is 0.616. The van der Waals surface area contributed by atoms with Gasteiger partial charge in [0.15, 0.2) is 0 Å². The van der Waals surface area contributed by atoms with Crippen molar-refractivity contribution in [2.75, 3.05) is 0 Å². The third kappa shape index (κ3) is 2.36. The third-order valence-corrected chi connectivity index (χ3v) is 2.32. The van der Waals surface area contributed by atoms with Crippen LogP contribution in [0.1, 0.15) is 0 Å². The van der Waals surface area contributed by atoms with Gasteiger partial charge in [-0.3, -0.25) is 5.43 Å². The zero-order valence-electron chi connectivity index (χ0n) is 5.36. The van der Waals surface area contributed by atoms with Gasteiger partial charge >= 0.3 is 0 Å². The summed E-state index contributed by atoms with van der Waals surface area (Å²) in [5, 5.41) is 3.53. The zero-order chi connectivity index (χ0) is 8.32. The molecule has 6 heteroatoms. The van der Waals surface area contributed by atoms with E-state index < -0.39 is 9.05 Å². The molecule has 1 heterocycles. The Kier molecular flexibility index (Phi) is 2.31. The summed E-state index contributed by atoms with van der Waals surface area (Å²) < 4.78 is 21.4. The van der Waals surface area contributed by atoms with Crippen molar-refractivity contribution >= 4 is 25.9 Å². The number of allylic oxidation sites excluding steroid dienone is 3. The van der Waals surface area contributed by atoms with Crippen LogP contribution in [0.5, 0.6) is 0 Å².